The summed E-state index contributed by atoms with van der Waals surface area (Å²) in [5, 5.41) is 4.98. The van der Waals surface area contributed by atoms with E-state index in [1.807, 2.05) is 43.3 Å². The zero-order chi connectivity index (χ0) is 34.0. The van der Waals surface area contributed by atoms with Crippen LogP contribution in [0.4, 0.5) is 14.3 Å². The minimum Gasteiger partial charge on any atom is -0.487 e. The maximum Gasteiger partial charge on any atom is 0.738 e. The van der Waals surface area contributed by atoms with Gasteiger partial charge < -0.3 is 27.2 Å². The van der Waals surface area contributed by atoms with E-state index in [1.54, 1.807) is 30.4 Å². The van der Waals surface area contributed by atoms with Crippen LogP contribution in [0.2, 0.25) is 0 Å². The third kappa shape index (κ3) is 6.30. The van der Waals surface area contributed by atoms with Crippen LogP contribution in [0.5, 0.6) is 0 Å². The third-order valence-electron chi connectivity index (χ3n) is 9.57. The molecular formula is C37H44BF2N5O3. The summed E-state index contributed by atoms with van der Waals surface area (Å²) >= 11 is 0. The van der Waals surface area contributed by atoms with Gasteiger partial charge in [-0.3, -0.25) is 19.8 Å². The fraction of sp³-hybridized carbons (Fsp3) is 0.378. The maximum absolute atomic E-state index is 17.2. The Balaban J connectivity index is 1.44. The van der Waals surface area contributed by atoms with E-state index in [0.717, 1.165) is 46.8 Å². The van der Waals surface area contributed by atoms with Crippen molar-refractivity contribution < 1.29 is 17.9 Å². The highest BCUT2D eigenvalue weighted by atomic mass is 19.2. The van der Waals surface area contributed by atoms with Gasteiger partial charge >= 0.3 is 6.97 Å². The fourth-order valence-electron chi connectivity index (χ4n) is 6.89. The topological polar surface area (TPSA) is 86.1 Å². The van der Waals surface area contributed by atoms with E-state index in [0.29, 0.717) is 40.8 Å². The number of nitrogens with zero attached hydrogens (tertiary/aromatic N) is 3. The molecule has 11 heteroatoms. The van der Waals surface area contributed by atoms with Crippen molar-refractivity contribution >= 4 is 35.2 Å². The molecule has 2 N–H and O–H groups in total. The molecule has 0 fully saturated rings. The van der Waals surface area contributed by atoms with Crippen LogP contribution in [-0.4, -0.2) is 52.5 Å². The number of allylic oxidation sites excluding steroid dienone is 1. The number of hydrogen-bond acceptors (Lipinski definition) is 4. The number of H-pyrrole nitrogens is 2. The largest absolute Gasteiger partial charge is 0.738 e. The number of ether oxygens (including phenoxy) is 1. The van der Waals surface area contributed by atoms with E-state index < -0.39 is 18.1 Å². The highest BCUT2D eigenvalue weighted by molar-refractivity contribution is 6.59. The molecule has 4 aromatic rings. The number of fused-ring (bicyclic) bond motifs is 3. The average molecular weight is 656 g/mol. The van der Waals surface area contributed by atoms with Crippen molar-refractivity contribution in [2.24, 2.45) is 5.92 Å². The lowest BCUT2D eigenvalue weighted by Crippen LogP contribution is -2.50. The summed E-state index contributed by atoms with van der Waals surface area (Å²) in [7, 11) is 3.87. The molecule has 6 rings (SSSR count). The molecule has 0 spiro atoms. The molecule has 0 bridgehead atoms. The summed E-state index contributed by atoms with van der Waals surface area (Å²) in [6, 6.07) is 15.6. The van der Waals surface area contributed by atoms with Crippen LogP contribution in [0.25, 0.3) is 28.1 Å². The summed E-state index contributed by atoms with van der Waals surface area (Å²) < 4.78 is 43.0. The Morgan fingerprint density at radius 1 is 0.833 bits per heavy atom. The highest BCUT2D eigenvalue weighted by Crippen LogP contribution is 2.40. The van der Waals surface area contributed by atoms with Gasteiger partial charge in [0, 0.05) is 42.8 Å². The standard InChI is InChI=1S/C37H44BF2N5O3/c1-5-7-9-10-12-25(11-8-6-2)24-48-35-23-33(27-15-19-30-31(21-27)37(47)42-41-36(30)46)45-34(35)22-29-18-20-32(44(29)38(45,39)40)26-13-16-28(17-14-26)43(3)4/h13-23,25H,5-12,24H2,1-4H3,(H,41,46)(H,42,47). The molecule has 0 aliphatic carbocycles. The summed E-state index contributed by atoms with van der Waals surface area (Å²) in [5.74, 6) is 0.702. The number of unbranched alkanes of at least 4 members (excludes halogenated alkanes) is 4. The Morgan fingerprint density at radius 2 is 1.52 bits per heavy atom. The van der Waals surface area contributed by atoms with E-state index in [2.05, 4.69) is 24.0 Å². The fourth-order valence-corrected chi connectivity index (χ4v) is 6.89. The number of aromatic nitrogens is 3. The molecule has 2 aliphatic rings. The Hall–Kier alpha value is -4.67. The monoisotopic (exact) mass is 655 g/mol. The van der Waals surface area contributed by atoms with Gasteiger partial charge in [0.25, 0.3) is 11.1 Å². The van der Waals surface area contributed by atoms with E-state index in [1.165, 1.54) is 31.4 Å². The maximum atomic E-state index is 17.2. The Morgan fingerprint density at radius 3 is 2.23 bits per heavy atom. The molecule has 0 saturated heterocycles. The molecule has 1 unspecified atom stereocenters. The molecule has 48 heavy (non-hydrogen) atoms. The van der Waals surface area contributed by atoms with Crippen molar-refractivity contribution in [1.29, 1.82) is 0 Å². The van der Waals surface area contributed by atoms with Gasteiger partial charge in [0.2, 0.25) is 5.70 Å². The second kappa shape index (κ2) is 13.8. The van der Waals surface area contributed by atoms with Gasteiger partial charge in [0.05, 0.1) is 23.5 Å². The van der Waals surface area contributed by atoms with E-state index in [4.69, 9.17) is 4.74 Å². The summed E-state index contributed by atoms with van der Waals surface area (Å²) in [6.45, 7) is 0.393. The average Bonchev–Trinajstić information content (AvgIpc) is 3.69. The molecule has 4 heterocycles. The molecule has 1 atom stereocenters. The van der Waals surface area contributed by atoms with Gasteiger partial charge in [-0.15, -0.1) is 0 Å². The van der Waals surface area contributed by atoms with Crippen molar-refractivity contribution in [3.63, 3.8) is 0 Å². The highest BCUT2D eigenvalue weighted by Gasteiger charge is 2.55. The first kappa shape index (κ1) is 33.2. The molecular weight excluding hydrogens is 611 g/mol. The molecule has 2 aromatic heterocycles. The second-order valence-electron chi connectivity index (χ2n) is 13.2. The smallest absolute Gasteiger partial charge is 0.487 e. The molecule has 0 radical (unpaired) electrons. The molecule has 0 amide bonds. The van der Waals surface area contributed by atoms with Gasteiger partial charge in [0.1, 0.15) is 0 Å². The van der Waals surface area contributed by atoms with Crippen LogP contribution in [-0.2, 0) is 4.74 Å². The van der Waals surface area contributed by atoms with E-state index in [-0.39, 0.29) is 22.2 Å². The van der Waals surface area contributed by atoms with E-state index in [9.17, 15) is 9.59 Å². The third-order valence-corrected chi connectivity index (χ3v) is 9.57. The zero-order valence-electron chi connectivity index (χ0n) is 28.2. The molecule has 0 saturated carbocycles. The molecule has 2 aliphatic heterocycles. The number of nitrogens with one attached hydrogen (secondary N) is 2. The van der Waals surface area contributed by atoms with E-state index >= 15 is 8.63 Å². The quantitative estimate of drug-likeness (QED) is 0.109. The van der Waals surface area contributed by atoms with Crippen LogP contribution in [0.3, 0.4) is 0 Å². The van der Waals surface area contributed by atoms with Gasteiger partial charge in [-0.2, -0.15) is 0 Å². The van der Waals surface area contributed by atoms with Crippen molar-refractivity contribution in [2.45, 2.75) is 65.2 Å². The van der Waals surface area contributed by atoms with Gasteiger partial charge in [-0.25, -0.2) is 0 Å². The van der Waals surface area contributed by atoms with Gasteiger partial charge in [-0.1, -0.05) is 64.5 Å². The first-order valence-corrected chi connectivity index (χ1v) is 17.1. The molecule has 8 nitrogen and oxygen atoms in total. The number of anilines is 1. The predicted octanol–water partition coefficient (Wildman–Crippen LogP) is 7.52. The van der Waals surface area contributed by atoms with Crippen LogP contribution in [0, 0.1) is 5.92 Å². The van der Waals surface area contributed by atoms with Crippen molar-refractivity contribution in [3.05, 3.63) is 104 Å². The van der Waals surface area contributed by atoms with Crippen molar-refractivity contribution in [1.82, 2.24) is 14.7 Å². The predicted molar refractivity (Wildman–Crippen MR) is 191 cm³/mol. The number of aromatic amines is 2. The van der Waals surface area contributed by atoms with Crippen LogP contribution < -0.4 is 16.0 Å². The Bertz CT molecular complexity index is 2020. The van der Waals surface area contributed by atoms with Gasteiger partial charge in [0.15, 0.2) is 11.5 Å². The SMILES string of the molecule is CCCCCCC(CCCC)COC1=CC(c2ccc3c(=O)[nH][nH]c(=O)c3c2)=[N+]2C1=Cc1ccc(-c3ccc(N(C)C)cc3)n1[B-]2(F)F. The molecule has 2 aromatic carbocycles. The lowest BCUT2D eigenvalue weighted by molar-refractivity contribution is -0.365. The normalized spacial score (nSPS) is 15.6. The number of hydrogen-bond donors (Lipinski definition) is 2. The van der Waals surface area contributed by atoms with Crippen LogP contribution >= 0.6 is 0 Å². The number of benzene rings is 2. The first-order chi connectivity index (χ1) is 23.1. The van der Waals surface area contributed by atoms with Crippen LogP contribution in [0.1, 0.15) is 76.5 Å². The summed E-state index contributed by atoms with van der Waals surface area (Å²) in [6.07, 6.45) is 12.3. The number of halogens is 2. The lowest BCUT2D eigenvalue weighted by atomic mass is 9.89. The zero-order valence-corrected chi connectivity index (χ0v) is 28.2. The summed E-state index contributed by atoms with van der Waals surface area (Å²) in [4.78, 5) is 27.1. The lowest BCUT2D eigenvalue weighted by Gasteiger charge is -2.31. The Kier molecular flexibility index (Phi) is 9.57. The van der Waals surface area contributed by atoms with Gasteiger partial charge in [-0.05, 0) is 66.8 Å². The molecule has 252 valence electrons. The van der Waals surface area contributed by atoms with Crippen LogP contribution in [0.15, 0.2) is 81.7 Å². The Labute approximate surface area is 279 Å². The second-order valence-corrected chi connectivity index (χ2v) is 13.2. The summed E-state index contributed by atoms with van der Waals surface area (Å²) in [5.41, 5.74) is 2.36. The number of rotatable bonds is 14. The van der Waals surface area contributed by atoms with Crippen molar-refractivity contribution in [3.8, 4) is 11.3 Å². The van der Waals surface area contributed by atoms with Crippen molar-refractivity contribution in [2.75, 3.05) is 25.6 Å². The minimum atomic E-state index is -4.41. The minimum absolute atomic E-state index is 0.125. The first-order valence-electron chi connectivity index (χ1n) is 17.1.